The van der Waals surface area contributed by atoms with Crippen LogP contribution in [0.15, 0.2) is 24.3 Å². The number of fused-ring (bicyclic) bond motifs is 4. The summed E-state index contributed by atoms with van der Waals surface area (Å²) in [4.78, 5) is 2.61. The van der Waals surface area contributed by atoms with Crippen molar-refractivity contribution in [2.45, 2.75) is 50.5 Å². The van der Waals surface area contributed by atoms with Crippen molar-refractivity contribution >= 4 is 0 Å². The highest BCUT2D eigenvalue weighted by Crippen LogP contribution is 2.45. The first-order valence-electron chi connectivity index (χ1n) is 6.98. The third-order valence-corrected chi connectivity index (χ3v) is 5.04. The number of hydrogen-bond donors (Lipinski definition) is 0. The molecule has 2 saturated heterocycles. The van der Waals surface area contributed by atoms with Crippen molar-refractivity contribution < 1.29 is 0 Å². The number of nitrogens with zero attached hydrogens (tertiary/aromatic N) is 1. The van der Waals surface area contributed by atoms with Gasteiger partial charge in [0.05, 0.1) is 0 Å². The summed E-state index contributed by atoms with van der Waals surface area (Å²) >= 11 is 0. The molecule has 1 aromatic rings. The second kappa shape index (κ2) is 4.13. The SMILES string of the molecule is Cc1ccccc1C12CCCC(CC1)N(C)C2. The van der Waals surface area contributed by atoms with Gasteiger partial charge in [0.2, 0.25) is 0 Å². The molecular weight excluding hydrogens is 206 g/mol. The van der Waals surface area contributed by atoms with Crippen molar-refractivity contribution in [2.24, 2.45) is 0 Å². The molecular formula is C16H23N. The molecule has 2 atom stereocenters. The van der Waals surface area contributed by atoms with E-state index >= 15 is 0 Å². The largest absolute Gasteiger partial charge is 0.303 e. The predicted octanol–water partition coefficient (Wildman–Crippen LogP) is 3.51. The Balaban J connectivity index is 2.02. The monoisotopic (exact) mass is 229 g/mol. The van der Waals surface area contributed by atoms with E-state index in [0.29, 0.717) is 5.41 Å². The summed E-state index contributed by atoms with van der Waals surface area (Å²) in [5.74, 6) is 0. The molecule has 1 aromatic carbocycles. The van der Waals surface area contributed by atoms with Gasteiger partial charge in [0.25, 0.3) is 0 Å². The fourth-order valence-corrected chi connectivity index (χ4v) is 4.12. The van der Waals surface area contributed by atoms with Crippen LogP contribution in [0, 0.1) is 6.92 Å². The highest BCUT2D eigenvalue weighted by Gasteiger charge is 2.42. The zero-order chi connectivity index (χ0) is 11.9. The van der Waals surface area contributed by atoms with Crippen LogP contribution >= 0.6 is 0 Å². The van der Waals surface area contributed by atoms with Crippen LogP contribution in [0.2, 0.25) is 0 Å². The average Bonchev–Trinajstić information content (AvgIpc) is 2.61. The Hall–Kier alpha value is -0.820. The second-order valence-electron chi connectivity index (χ2n) is 6.10. The number of aryl methyl sites for hydroxylation is 1. The summed E-state index contributed by atoms with van der Waals surface area (Å²) < 4.78 is 0. The Labute approximate surface area is 105 Å². The number of hydrogen-bond acceptors (Lipinski definition) is 1. The maximum absolute atomic E-state index is 2.61. The zero-order valence-corrected chi connectivity index (χ0v) is 11.1. The van der Waals surface area contributed by atoms with Crippen molar-refractivity contribution in [2.75, 3.05) is 13.6 Å². The van der Waals surface area contributed by atoms with Gasteiger partial charge in [-0.15, -0.1) is 0 Å². The molecule has 0 radical (unpaired) electrons. The third-order valence-electron chi connectivity index (χ3n) is 5.04. The number of rotatable bonds is 1. The first-order chi connectivity index (χ1) is 8.21. The fourth-order valence-electron chi connectivity index (χ4n) is 4.12. The van der Waals surface area contributed by atoms with E-state index in [1.165, 1.54) is 44.2 Å². The molecule has 1 aliphatic carbocycles. The molecule has 1 heteroatoms. The van der Waals surface area contributed by atoms with Crippen LogP contribution in [-0.2, 0) is 5.41 Å². The molecule has 2 bridgehead atoms. The Morgan fingerprint density at radius 3 is 2.76 bits per heavy atom. The summed E-state index contributed by atoms with van der Waals surface area (Å²) in [5, 5.41) is 0. The van der Waals surface area contributed by atoms with Crippen LogP contribution in [0.1, 0.15) is 43.2 Å². The van der Waals surface area contributed by atoms with E-state index in [2.05, 4.69) is 43.1 Å². The van der Waals surface area contributed by atoms with Gasteiger partial charge in [0.1, 0.15) is 0 Å². The highest BCUT2D eigenvalue weighted by molar-refractivity contribution is 5.35. The Kier molecular flexibility index (Phi) is 2.74. The van der Waals surface area contributed by atoms with Gasteiger partial charge in [-0.3, -0.25) is 0 Å². The minimum Gasteiger partial charge on any atom is -0.303 e. The molecule has 0 spiro atoms. The zero-order valence-electron chi connectivity index (χ0n) is 11.1. The van der Waals surface area contributed by atoms with Crippen LogP contribution < -0.4 is 0 Å². The molecule has 3 aliphatic rings. The van der Waals surface area contributed by atoms with E-state index in [1.807, 2.05) is 0 Å². The van der Waals surface area contributed by atoms with Gasteiger partial charge in [0.15, 0.2) is 0 Å². The van der Waals surface area contributed by atoms with Gasteiger partial charge in [-0.2, -0.15) is 0 Å². The van der Waals surface area contributed by atoms with Gasteiger partial charge in [-0.05, 0) is 50.8 Å². The fraction of sp³-hybridized carbons (Fsp3) is 0.625. The molecule has 0 N–H and O–H groups in total. The maximum atomic E-state index is 2.61. The van der Waals surface area contributed by atoms with Crippen molar-refractivity contribution in [3.05, 3.63) is 35.4 Å². The van der Waals surface area contributed by atoms with E-state index in [9.17, 15) is 0 Å². The normalized spacial score (nSPS) is 33.6. The first kappa shape index (κ1) is 11.3. The summed E-state index contributed by atoms with van der Waals surface area (Å²) in [6, 6.07) is 9.89. The lowest BCUT2D eigenvalue weighted by atomic mass is 9.71. The van der Waals surface area contributed by atoms with Crippen molar-refractivity contribution in [3.8, 4) is 0 Å². The number of likely N-dealkylation sites (N-methyl/N-ethyl adjacent to an activating group) is 1. The van der Waals surface area contributed by atoms with Gasteiger partial charge in [-0.1, -0.05) is 30.7 Å². The molecule has 2 heterocycles. The van der Waals surface area contributed by atoms with Crippen LogP contribution in [0.5, 0.6) is 0 Å². The van der Waals surface area contributed by atoms with Crippen molar-refractivity contribution in [3.63, 3.8) is 0 Å². The van der Waals surface area contributed by atoms with E-state index in [-0.39, 0.29) is 0 Å². The second-order valence-corrected chi connectivity index (χ2v) is 6.10. The van der Waals surface area contributed by atoms with Crippen molar-refractivity contribution in [1.29, 1.82) is 0 Å². The minimum atomic E-state index is 0.451. The summed E-state index contributed by atoms with van der Waals surface area (Å²) in [6.45, 7) is 3.55. The summed E-state index contributed by atoms with van der Waals surface area (Å²) in [6.07, 6.45) is 6.99. The van der Waals surface area contributed by atoms with E-state index < -0.39 is 0 Å². The molecule has 0 aromatic heterocycles. The Morgan fingerprint density at radius 2 is 2.00 bits per heavy atom. The average molecular weight is 229 g/mol. The molecule has 1 saturated carbocycles. The van der Waals surface area contributed by atoms with Gasteiger partial charge >= 0.3 is 0 Å². The molecule has 1 nitrogen and oxygen atoms in total. The molecule has 2 aliphatic heterocycles. The number of benzene rings is 1. The maximum Gasteiger partial charge on any atom is 0.00929 e. The summed E-state index contributed by atoms with van der Waals surface area (Å²) in [7, 11) is 2.32. The molecule has 92 valence electrons. The van der Waals surface area contributed by atoms with Crippen LogP contribution in [-0.4, -0.2) is 24.5 Å². The van der Waals surface area contributed by atoms with Crippen LogP contribution in [0.4, 0.5) is 0 Å². The standard InChI is InChI=1S/C16H23N/c1-13-6-3-4-8-15(13)16-10-5-7-14(9-11-16)17(2)12-16/h3-4,6,8,14H,5,7,9-12H2,1-2H3. The molecule has 0 amide bonds. The first-order valence-corrected chi connectivity index (χ1v) is 6.98. The molecule has 3 fully saturated rings. The number of piperidine rings is 1. The third kappa shape index (κ3) is 1.81. The quantitative estimate of drug-likeness (QED) is 0.712. The van der Waals surface area contributed by atoms with E-state index in [1.54, 1.807) is 5.56 Å². The molecule has 4 rings (SSSR count). The summed E-state index contributed by atoms with van der Waals surface area (Å²) in [5.41, 5.74) is 3.56. The lowest BCUT2D eigenvalue weighted by Crippen LogP contribution is -2.46. The lowest BCUT2D eigenvalue weighted by Gasteiger charge is -2.43. The Morgan fingerprint density at radius 1 is 1.18 bits per heavy atom. The van der Waals surface area contributed by atoms with Gasteiger partial charge in [0, 0.05) is 18.0 Å². The van der Waals surface area contributed by atoms with Gasteiger partial charge in [-0.25, -0.2) is 0 Å². The van der Waals surface area contributed by atoms with E-state index in [0.717, 1.165) is 6.04 Å². The van der Waals surface area contributed by atoms with Crippen LogP contribution in [0.3, 0.4) is 0 Å². The molecule has 17 heavy (non-hydrogen) atoms. The smallest absolute Gasteiger partial charge is 0.00929 e. The topological polar surface area (TPSA) is 3.24 Å². The Bertz CT molecular complexity index is 408. The lowest BCUT2D eigenvalue weighted by molar-refractivity contribution is 0.132. The van der Waals surface area contributed by atoms with Crippen molar-refractivity contribution in [1.82, 2.24) is 4.90 Å². The predicted molar refractivity (Wildman–Crippen MR) is 72.4 cm³/mol. The van der Waals surface area contributed by atoms with Gasteiger partial charge < -0.3 is 4.90 Å². The molecule has 2 unspecified atom stereocenters. The van der Waals surface area contributed by atoms with E-state index in [4.69, 9.17) is 0 Å². The minimum absolute atomic E-state index is 0.451. The highest BCUT2D eigenvalue weighted by atomic mass is 15.1. The van der Waals surface area contributed by atoms with Crippen LogP contribution in [0.25, 0.3) is 0 Å².